The molecule has 4 nitrogen and oxygen atoms in total. The van der Waals surface area contributed by atoms with Gasteiger partial charge in [-0.25, -0.2) is 0 Å². The average molecular weight is 313 g/mol. The highest BCUT2D eigenvalue weighted by Gasteiger charge is 2.23. The molecule has 0 aliphatic carbocycles. The number of nitrogens with zero attached hydrogens (tertiary/aromatic N) is 1. The zero-order valence-electron chi connectivity index (χ0n) is 13.2. The smallest absolute Gasteiger partial charge is 0.124 e. The minimum atomic E-state index is 0.0610. The van der Waals surface area contributed by atoms with Gasteiger partial charge in [0, 0.05) is 18.7 Å². The van der Waals surface area contributed by atoms with E-state index in [0.29, 0.717) is 19.8 Å². The van der Waals surface area contributed by atoms with Crippen LogP contribution >= 0.6 is 0 Å². The summed E-state index contributed by atoms with van der Waals surface area (Å²) in [6, 6.07) is 18.3. The van der Waals surface area contributed by atoms with Crippen LogP contribution in [0.2, 0.25) is 0 Å². The molecule has 0 amide bonds. The van der Waals surface area contributed by atoms with Gasteiger partial charge in [-0.1, -0.05) is 48.5 Å². The van der Waals surface area contributed by atoms with Crippen LogP contribution in [0.1, 0.15) is 11.1 Å². The van der Waals surface area contributed by atoms with E-state index in [9.17, 15) is 5.11 Å². The van der Waals surface area contributed by atoms with Gasteiger partial charge in [0.05, 0.1) is 25.9 Å². The van der Waals surface area contributed by atoms with E-state index in [1.54, 1.807) is 0 Å². The van der Waals surface area contributed by atoms with E-state index in [4.69, 9.17) is 9.47 Å². The maximum Gasteiger partial charge on any atom is 0.124 e. The van der Waals surface area contributed by atoms with Crippen molar-refractivity contribution in [2.24, 2.45) is 0 Å². The molecular formula is C19H23NO3. The molecular weight excluding hydrogens is 290 g/mol. The molecule has 2 aromatic carbocycles. The number of rotatable bonds is 6. The van der Waals surface area contributed by atoms with Gasteiger partial charge in [0.15, 0.2) is 0 Å². The number of aliphatic hydroxyl groups is 1. The van der Waals surface area contributed by atoms with Crippen molar-refractivity contribution < 1.29 is 14.6 Å². The summed E-state index contributed by atoms with van der Waals surface area (Å²) < 4.78 is 11.5. The van der Waals surface area contributed by atoms with E-state index < -0.39 is 0 Å². The summed E-state index contributed by atoms with van der Waals surface area (Å²) in [6.07, 6.45) is 0. The second kappa shape index (κ2) is 8.11. The Morgan fingerprint density at radius 2 is 1.87 bits per heavy atom. The lowest BCUT2D eigenvalue weighted by Gasteiger charge is -2.34. The number of morpholine rings is 1. The Morgan fingerprint density at radius 1 is 1.09 bits per heavy atom. The molecule has 1 aliphatic rings. The lowest BCUT2D eigenvalue weighted by molar-refractivity contribution is -0.0315. The van der Waals surface area contributed by atoms with Crippen molar-refractivity contribution in [1.29, 1.82) is 0 Å². The molecule has 0 radical (unpaired) electrons. The zero-order valence-corrected chi connectivity index (χ0v) is 13.2. The maximum absolute atomic E-state index is 9.51. The summed E-state index contributed by atoms with van der Waals surface area (Å²) >= 11 is 0. The second-order valence-electron chi connectivity index (χ2n) is 5.76. The highest BCUT2D eigenvalue weighted by atomic mass is 16.5. The predicted molar refractivity (Wildman–Crippen MR) is 89.3 cm³/mol. The van der Waals surface area contributed by atoms with Gasteiger partial charge in [0.25, 0.3) is 0 Å². The van der Waals surface area contributed by atoms with Crippen molar-refractivity contribution in [3.05, 3.63) is 65.7 Å². The van der Waals surface area contributed by atoms with Crippen molar-refractivity contribution in [2.45, 2.75) is 19.2 Å². The van der Waals surface area contributed by atoms with E-state index >= 15 is 0 Å². The van der Waals surface area contributed by atoms with Gasteiger partial charge in [0.2, 0.25) is 0 Å². The van der Waals surface area contributed by atoms with Crippen LogP contribution < -0.4 is 4.74 Å². The fourth-order valence-corrected chi connectivity index (χ4v) is 2.79. The monoisotopic (exact) mass is 313 g/mol. The zero-order chi connectivity index (χ0) is 15.9. The van der Waals surface area contributed by atoms with Crippen molar-refractivity contribution in [3.8, 4) is 5.75 Å². The molecule has 1 atom stereocenters. The first kappa shape index (κ1) is 16.0. The number of aliphatic hydroxyl groups excluding tert-OH is 1. The van der Waals surface area contributed by atoms with Crippen molar-refractivity contribution in [3.63, 3.8) is 0 Å². The standard InChI is InChI=1S/C19H23NO3/c21-13-18-15-22-11-10-20(18)12-17-8-4-5-9-19(17)23-14-16-6-2-1-3-7-16/h1-9,18,21H,10-15H2. The SMILES string of the molecule is OCC1COCCN1Cc1ccccc1OCc1ccccc1. The van der Waals surface area contributed by atoms with Crippen LogP contribution in [-0.2, 0) is 17.9 Å². The van der Waals surface area contributed by atoms with E-state index in [1.165, 1.54) is 0 Å². The minimum Gasteiger partial charge on any atom is -0.489 e. The Labute approximate surface area is 137 Å². The van der Waals surface area contributed by atoms with Gasteiger partial charge in [-0.05, 0) is 11.6 Å². The number of hydrogen-bond donors (Lipinski definition) is 1. The first-order chi connectivity index (χ1) is 11.4. The Bertz CT molecular complexity index is 603. The molecule has 3 rings (SSSR count). The van der Waals surface area contributed by atoms with E-state index in [2.05, 4.69) is 23.1 Å². The molecule has 122 valence electrons. The van der Waals surface area contributed by atoms with Gasteiger partial charge < -0.3 is 14.6 Å². The number of ether oxygens (including phenoxy) is 2. The molecule has 1 fully saturated rings. The largest absolute Gasteiger partial charge is 0.489 e. The third-order valence-electron chi connectivity index (χ3n) is 4.14. The molecule has 0 spiro atoms. The van der Waals surface area contributed by atoms with E-state index in [1.807, 2.05) is 36.4 Å². The summed E-state index contributed by atoms with van der Waals surface area (Å²) in [5.41, 5.74) is 2.30. The molecule has 1 unspecified atom stereocenters. The van der Waals surface area contributed by atoms with Gasteiger partial charge in [-0.2, -0.15) is 0 Å². The Hall–Kier alpha value is -1.88. The molecule has 2 aromatic rings. The van der Waals surface area contributed by atoms with Crippen molar-refractivity contribution in [2.75, 3.05) is 26.4 Å². The topological polar surface area (TPSA) is 41.9 Å². The molecule has 1 heterocycles. The third kappa shape index (κ3) is 4.32. The summed E-state index contributed by atoms with van der Waals surface area (Å²) in [4.78, 5) is 2.26. The molecule has 1 aliphatic heterocycles. The van der Waals surface area contributed by atoms with Crippen molar-refractivity contribution >= 4 is 0 Å². The predicted octanol–water partition coefficient (Wildman–Crippen LogP) is 2.46. The fourth-order valence-electron chi connectivity index (χ4n) is 2.79. The van der Waals surface area contributed by atoms with Gasteiger partial charge in [0.1, 0.15) is 12.4 Å². The number of benzene rings is 2. The molecule has 23 heavy (non-hydrogen) atoms. The summed E-state index contributed by atoms with van der Waals surface area (Å²) in [5, 5.41) is 9.51. The molecule has 1 saturated heterocycles. The molecule has 4 heteroatoms. The molecule has 0 aromatic heterocycles. The Morgan fingerprint density at radius 3 is 2.70 bits per heavy atom. The fraction of sp³-hybridized carbons (Fsp3) is 0.368. The average Bonchev–Trinajstić information content (AvgIpc) is 2.62. The van der Waals surface area contributed by atoms with Crippen LogP contribution in [0.25, 0.3) is 0 Å². The first-order valence-corrected chi connectivity index (χ1v) is 8.04. The van der Waals surface area contributed by atoms with Crippen LogP contribution in [0.4, 0.5) is 0 Å². The Kier molecular flexibility index (Phi) is 5.64. The maximum atomic E-state index is 9.51. The van der Waals surface area contributed by atoms with Crippen molar-refractivity contribution in [1.82, 2.24) is 4.90 Å². The highest BCUT2D eigenvalue weighted by molar-refractivity contribution is 5.33. The number of para-hydroxylation sites is 1. The normalized spacial score (nSPS) is 18.7. The Balaban J connectivity index is 1.67. The molecule has 0 bridgehead atoms. The summed E-state index contributed by atoms with van der Waals surface area (Å²) in [7, 11) is 0. The van der Waals surface area contributed by atoms with E-state index in [0.717, 1.165) is 30.0 Å². The van der Waals surface area contributed by atoms with Crippen LogP contribution in [-0.4, -0.2) is 42.4 Å². The van der Waals surface area contributed by atoms with Gasteiger partial charge in [-0.15, -0.1) is 0 Å². The minimum absolute atomic E-state index is 0.0610. The van der Waals surface area contributed by atoms with E-state index in [-0.39, 0.29) is 12.6 Å². The highest BCUT2D eigenvalue weighted by Crippen LogP contribution is 2.23. The van der Waals surface area contributed by atoms with Crippen LogP contribution in [0.15, 0.2) is 54.6 Å². The lowest BCUT2D eigenvalue weighted by atomic mass is 10.1. The quantitative estimate of drug-likeness (QED) is 0.889. The first-order valence-electron chi connectivity index (χ1n) is 8.04. The molecule has 1 N–H and O–H groups in total. The lowest BCUT2D eigenvalue weighted by Crippen LogP contribution is -2.46. The van der Waals surface area contributed by atoms with Crippen LogP contribution in [0, 0.1) is 0 Å². The summed E-state index contributed by atoms with van der Waals surface area (Å²) in [5.74, 6) is 0.902. The van der Waals surface area contributed by atoms with Gasteiger partial charge in [-0.3, -0.25) is 4.90 Å². The summed E-state index contributed by atoms with van der Waals surface area (Å²) in [6.45, 7) is 3.57. The van der Waals surface area contributed by atoms with Crippen LogP contribution in [0.5, 0.6) is 5.75 Å². The van der Waals surface area contributed by atoms with Gasteiger partial charge >= 0.3 is 0 Å². The third-order valence-corrected chi connectivity index (χ3v) is 4.14. The molecule has 0 saturated carbocycles. The van der Waals surface area contributed by atoms with Crippen LogP contribution in [0.3, 0.4) is 0 Å². The number of hydrogen-bond acceptors (Lipinski definition) is 4. The second-order valence-corrected chi connectivity index (χ2v) is 5.76.